The first-order chi connectivity index (χ1) is 13.1. The van der Waals surface area contributed by atoms with Crippen molar-refractivity contribution in [1.82, 2.24) is 15.5 Å². The Bertz CT molecular complexity index is 971. The van der Waals surface area contributed by atoms with Gasteiger partial charge in [-0.15, -0.1) is 0 Å². The second kappa shape index (κ2) is 7.16. The van der Waals surface area contributed by atoms with Gasteiger partial charge in [-0.2, -0.15) is 0 Å². The average Bonchev–Trinajstić information content (AvgIpc) is 3.27. The van der Waals surface area contributed by atoms with E-state index in [0.29, 0.717) is 34.0 Å². The van der Waals surface area contributed by atoms with Gasteiger partial charge in [0.15, 0.2) is 10.9 Å². The van der Waals surface area contributed by atoms with E-state index in [1.807, 2.05) is 0 Å². The van der Waals surface area contributed by atoms with E-state index < -0.39 is 0 Å². The Hall–Kier alpha value is -2.65. The van der Waals surface area contributed by atoms with Gasteiger partial charge in [0.05, 0.1) is 17.4 Å². The Morgan fingerprint density at radius 2 is 2.11 bits per heavy atom. The van der Waals surface area contributed by atoms with Crippen molar-refractivity contribution in [2.75, 3.05) is 43.5 Å². The number of rotatable bonds is 4. The first kappa shape index (κ1) is 17.7. The number of aryl methyl sites for hydroxylation is 2. The number of fused-ring (bicyclic) bond motifs is 1. The lowest BCUT2D eigenvalue weighted by molar-refractivity contribution is 0.102. The van der Waals surface area contributed by atoms with Crippen LogP contribution in [0.3, 0.4) is 0 Å². The van der Waals surface area contributed by atoms with Crippen LogP contribution < -0.4 is 20.3 Å². The molecule has 27 heavy (non-hydrogen) atoms. The summed E-state index contributed by atoms with van der Waals surface area (Å²) in [6.45, 7) is 7.20. The zero-order valence-electron chi connectivity index (χ0n) is 15.5. The van der Waals surface area contributed by atoms with Gasteiger partial charge < -0.3 is 24.8 Å². The summed E-state index contributed by atoms with van der Waals surface area (Å²) in [6, 6.07) is 3.56. The van der Waals surface area contributed by atoms with Crippen LogP contribution in [0, 0.1) is 13.8 Å². The van der Waals surface area contributed by atoms with E-state index >= 15 is 0 Å². The van der Waals surface area contributed by atoms with Crippen molar-refractivity contribution >= 4 is 38.3 Å². The van der Waals surface area contributed by atoms with Gasteiger partial charge >= 0.3 is 0 Å². The standard InChI is InChI=1S/C18H21N5O3S/c1-10-14(11(2)26-22-10)20-17(24)12-4-5-13(25-3)15-16(12)27-18(21-15)23-8-6-19-7-9-23/h4-5,19H,6-9H2,1-3H3,(H,20,24). The van der Waals surface area contributed by atoms with Crippen LogP contribution in [0.5, 0.6) is 5.75 Å². The van der Waals surface area contributed by atoms with Crippen LogP contribution in [0.25, 0.3) is 10.2 Å². The molecule has 0 aliphatic carbocycles. The number of piperazine rings is 1. The van der Waals surface area contributed by atoms with Crippen molar-refractivity contribution in [2.24, 2.45) is 0 Å². The predicted molar refractivity (Wildman–Crippen MR) is 105 cm³/mol. The summed E-state index contributed by atoms with van der Waals surface area (Å²) >= 11 is 1.52. The summed E-state index contributed by atoms with van der Waals surface area (Å²) in [5.41, 5.74) is 2.53. The van der Waals surface area contributed by atoms with Gasteiger partial charge in [0.2, 0.25) is 0 Å². The average molecular weight is 387 g/mol. The fourth-order valence-electron chi connectivity index (χ4n) is 3.15. The number of nitrogens with one attached hydrogen (secondary N) is 2. The van der Waals surface area contributed by atoms with Crippen molar-refractivity contribution < 1.29 is 14.1 Å². The molecule has 0 unspecified atom stereocenters. The highest BCUT2D eigenvalue weighted by molar-refractivity contribution is 7.22. The van der Waals surface area contributed by atoms with Crippen LogP contribution in [-0.2, 0) is 0 Å². The van der Waals surface area contributed by atoms with E-state index in [9.17, 15) is 4.79 Å². The minimum absolute atomic E-state index is 0.215. The Kier molecular flexibility index (Phi) is 4.71. The Labute approximate surface area is 160 Å². The van der Waals surface area contributed by atoms with Crippen LogP contribution in [-0.4, -0.2) is 49.3 Å². The van der Waals surface area contributed by atoms with Gasteiger partial charge in [0.25, 0.3) is 5.91 Å². The molecule has 8 nitrogen and oxygen atoms in total. The number of carbonyl (C=O) groups excluding carboxylic acids is 1. The summed E-state index contributed by atoms with van der Waals surface area (Å²) in [5, 5.41) is 11.0. The van der Waals surface area contributed by atoms with Crippen molar-refractivity contribution in [3.63, 3.8) is 0 Å². The third-order valence-corrected chi connectivity index (χ3v) is 5.77. The molecule has 9 heteroatoms. The normalized spacial score (nSPS) is 14.6. The van der Waals surface area contributed by atoms with Crippen molar-refractivity contribution in [2.45, 2.75) is 13.8 Å². The Morgan fingerprint density at radius 3 is 2.78 bits per heavy atom. The SMILES string of the molecule is COc1ccc(C(=O)Nc2c(C)noc2C)c2sc(N3CCNCC3)nc12. The molecule has 0 spiro atoms. The number of aromatic nitrogens is 2. The molecule has 2 N–H and O–H groups in total. The van der Waals surface area contributed by atoms with Crippen molar-refractivity contribution in [3.05, 3.63) is 29.2 Å². The van der Waals surface area contributed by atoms with Gasteiger partial charge in [-0.1, -0.05) is 16.5 Å². The molecular formula is C18H21N5O3S. The lowest BCUT2D eigenvalue weighted by Gasteiger charge is -2.26. The highest BCUT2D eigenvalue weighted by Gasteiger charge is 2.22. The molecule has 2 aromatic heterocycles. The van der Waals surface area contributed by atoms with Crippen LogP contribution in [0.4, 0.5) is 10.8 Å². The lowest BCUT2D eigenvalue weighted by Crippen LogP contribution is -2.43. The minimum atomic E-state index is -0.215. The molecule has 0 radical (unpaired) electrons. The van der Waals surface area contributed by atoms with Gasteiger partial charge in [-0.25, -0.2) is 4.98 Å². The molecule has 0 atom stereocenters. The van der Waals surface area contributed by atoms with Crippen molar-refractivity contribution in [1.29, 1.82) is 0 Å². The number of methoxy groups -OCH3 is 1. The van der Waals surface area contributed by atoms with Gasteiger partial charge in [-0.05, 0) is 26.0 Å². The number of amides is 1. The number of benzene rings is 1. The molecule has 4 rings (SSSR count). The maximum atomic E-state index is 12.9. The summed E-state index contributed by atoms with van der Waals surface area (Å²) in [6.07, 6.45) is 0. The number of ether oxygens (including phenoxy) is 1. The first-order valence-corrected chi connectivity index (χ1v) is 9.57. The Morgan fingerprint density at radius 1 is 1.33 bits per heavy atom. The number of anilines is 2. The third-order valence-electron chi connectivity index (χ3n) is 4.62. The minimum Gasteiger partial charge on any atom is -0.494 e. The maximum Gasteiger partial charge on any atom is 0.257 e. The van der Waals surface area contributed by atoms with Gasteiger partial charge in [-0.3, -0.25) is 4.79 Å². The van der Waals surface area contributed by atoms with E-state index in [2.05, 4.69) is 20.7 Å². The second-order valence-electron chi connectivity index (χ2n) is 6.38. The molecule has 142 valence electrons. The highest BCUT2D eigenvalue weighted by atomic mass is 32.1. The number of nitrogens with zero attached hydrogens (tertiary/aromatic N) is 3. The molecule has 0 saturated carbocycles. The number of carbonyl (C=O) groups is 1. The van der Waals surface area contributed by atoms with Crippen LogP contribution in [0.15, 0.2) is 16.7 Å². The van der Waals surface area contributed by atoms with Gasteiger partial charge in [0.1, 0.15) is 22.6 Å². The predicted octanol–water partition coefficient (Wildman–Crippen LogP) is 2.57. The zero-order chi connectivity index (χ0) is 19.0. The van der Waals surface area contributed by atoms with Crippen LogP contribution in [0.1, 0.15) is 21.8 Å². The van der Waals surface area contributed by atoms with Gasteiger partial charge in [0, 0.05) is 26.2 Å². The largest absolute Gasteiger partial charge is 0.494 e. The first-order valence-electron chi connectivity index (χ1n) is 8.76. The highest BCUT2D eigenvalue weighted by Crippen LogP contribution is 2.37. The maximum absolute atomic E-state index is 12.9. The lowest BCUT2D eigenvalue weighted by atomic mass is 10.1. The number of hydrogen-bond acceptors (Lipinski definition) is 8. The Balaban J connectivity index is 1.73. The van der Waals surface area contributed by atoms with Crippen LogP contribution >= 0.6 is 11.3 Å². The smallest absolute Gasteiger partial charge is 0.257 e. The molecule has 1 fully saturated rings. The molecule has 0 bridgehead atoms. The van der Waals surface area contributed by atoms with Crippen LogP contribution in [0.2, 0.25) is 0 Å². The van der Waals surface area contributed by atoms with E-state index in [1.165, 1.54) is 11.3 Å². The topological polar surface area (TPSA) is 92.5 Å². The molecule has 3 aromatic rings. The molecule has 1 saturated heterocycles. The quantitative estimate of drug-likeness (QED) is 0.711. The fourth-order valence-corrected chi connectivity index (χ4v) is 4.29. The molecule has 1 aliphatic rings. The molecule has 3 heterocycles. The summed E-state index contributed by atoms with van der Waals surface area (Å²) < 4.78 is 11.4. The monoisotopic (exact) mass is 387 g/mol. The zero-order valence-corrected chi connectivity index (χ0v) is 16.3. The molecule has 1 aromatic carbocycles. The van der Waals surface area contributed by atoms with E-state index in [-0.39, 0.29) is 5.91 Å². The second-order valence-corrected chi connectivity index (χ2v) is 7.36. The van der Waals surface area contributed by atoms with E-state index in [1.54, 1.807) is 33.1 Å². The number of hydrogen-bond donors (Lipinski definition) is 2. The summed E-state index contributed by atoms with van der Waals surface area (Å²) in [5.74, 6) is 1.03. The van der Waals surface area contributed by atoms with E-state index in [4.69, 9.17) is 14.2 Å². The number of thiazole rings is 1. The summed E-state index contributed by atoms with van der Waals surface area (Å²) in [7, 11) is 1.61. The third kappa shape index (κ3) is 3.24. The molecular weight excluding hydrogens is 366 g/mol. The van der Waals surface area contributed by atoms with Crippen molar-refractivity contribution in [3.8, 4) is 5.75 Å². The summed E-state index contributed by atoms with van der Waals surface area (Å²) in [4.78, 5) is 19.9. The fraction of sp³-hybridized carbons (Fsp3) is 0.389. The molecule has 1 amide bonds. The van der Waals surface area contributed by atoms with E-state index in [0.717, 1.165) is 36.0 Å². The molecule has 1 aliphatic heterocycles.